The van der Waals surface area contributed by atoms with Gasteiger partial charge >= 0.3 is 5.97 Å². The molecule has 0 N–H and O–H groups in total. The molecule has 0 aliphatic carbocycles. The van der Waals surface area contributed by atoms with E-state index in [1.165, 1.54) is 0 Å². The van der Waals surface area contributed by atoms with E-state index in [0.717, 1.165) is 0 Å². The van der Waals surface area contributed by atoms with Gasteiger partial charge in [0.1, 0.15) is 0 Å². The highest BCUT2D eigenvalue weighted by Gasteiger charge is 2.03. The molecule has 4 heteroatoms. The van der Waals surface area contributed by atoms with Gasteiger partial charge in [-0.2, -0.15) is 0 Å². The Labute approximate surface area is 85.5 Å². The van der Waals surface area contributed by atoms with Crippen molar-refractivity contribution in [3.8, 4) is 0 Å². The lowest BCUT2D eigenvalue weighted by molar-refractivity contribution is -0.146. The maximum absolute atomic E-state index is 11.0. The monoisotopic (exact) mass is 204 g/mol. The van der Waals surface area contributed by atoms with Gasteiger partial charge in [0.25, 0.3) is 0 Å². The molecule has 0 heterocycles. The third-order valence-corrected chi connectivity index (χ3v) is 1.46. The summed E-state index contributed by atoms with van der Waals surface area (Å²) in [6.45, 7) is 5.97. The molecule has 0 rings (SSSR count). The van der Waals surface area contributed by atoms with Crippen LogP contribution in [0.1, 0.15) is 20.3 Å². The molecule has 84 valence electrons. The Kier molecular flexibility index (Phi) is 8.57. The van der Waals surface area contributed by atoms with Crippen LogP contribution in [0.3, 0.4) is 0 Å². The van der Waals surface area contributed by atoms with Crippen LogP contribution in [-0.2, 0) is 19.0 Å². The van der Waals surface area contributed by atoms with Crippen LogP contribution in [0.25, 0.3) is 0 Å². The first-order chi connectivity index (χ1) is 6.66. The van der Waals surface area contributed by atoms with E-state index >= 15 is 0 Å². The first-order valence-corrected chi connectivity index (χ1v) is 4.89. The summed E-state index contributed by atoms with van der Waals surface area (Å²) < 4.78 is 14.9. The van der Waals surface area contributed by atoms with Crippen LogP contribution in [-0.4, -0.2) is 39.5 Å². The highest BCUT2D eigenvalue weighted by atomic mass is 16.5. The van der Waals surface area contributed by atoms with Gasteiger partial charge in [0, 0.05) is 7.11 Å². The minimum absolute atomic E-state index is 0.198. The summed E-state index contributed by atoms with van der Waals surface area (Å²) in [6, 6.07) is 0. The second kappa shape index (κ2) is 8.97. The molecule has 14 heavy (non-hydrogen) atoms. The Hall–Kier alpha value is -0.610. The van der Waals surface area contributed by atoms with E-state index in [1.807, 2.05) is 13.8 Å². The van der Waals surface area contributed by atoms with Crippen molar-refractivity contribution in [1.29, 1.82) is 0 Å². The summed E-state index contributed by atoms with van der Waals surface area (Å²) in [6.07, 6.45) is 0.316. The Bertz CT molecular complexity index is 145. The van der Waals surface area contributed by atoms with Crippen molar-refractivity contribution in [2.45, 2.75) is 20.3 Å². The van der Waals surface area contributed by atoms with Gasteiger partial charge in [-0.3, -0.25) is 4.79 Å². The summed E-state index contributed by atoms with van der Waals surface area (Å²) in [4.78, 5) is 11.0. The molecular weight excluding hydrogens is 184 g/mol. The lowest BCUT2D eigenvalue weighted by atomic mass is 10.2. The number of carbonyl (C=O) groups is 1. The predicted molar refractivity (Wildman–Crippen MR) is 53.1 cm³/mol. The van der Waals surface area contributed by atoms with Crippen molar-refractivity contribution in [2.75, 3.05) is 33.5 Å². The molecule has 0 aromatic carbocycles. The molecule has 0 aliphatic rings. The van der Waals surface area contributed by atoms with E-state index < -0.39 is 0 Å². The van der Waals surface area contributed by atoms with Crippen LogP contribution in [0.2, 0.25) is 0 Å². The van der Waals surface area contributed by atoms with Gasteiger partial charge in [-0.15, -0.1) is 0 Å². The summed E-state index contributed by atoms with van der Waals surface area (Å²) >= 11 is 0. The van der Waals surface area contributed by atoms with E-state index in [0.29, 0.717) is 38.8 Å². The molecule has 0 atom stereocenters. The summed E-state index contributed by atoms with van der Waals surface area (Å²) in [5.41, 5.74) is 0. The average molecular weight is 204 g/mol. The van der Waals surface area contributed by atoms with E-state index in [4.69, 9.17) is 14.2 Å². The topological polar surface area (TPSA) is 44.8 Å². The standard InChI is InChI=1S/C10H20O4/c1-9(2)8-14-10(11)4-5-13-7-6-12-3/h9H,4-8H2,1-3H3. The average Bonchev–Trinajstić information content (AvgIpc) is 2.14. The second-order valence-electron chi connectivity index (χ2n) is 3.43. The molecule has 0 bridgehead atoms. The number of rotatable bonds is 8. The van der Waals surface area contributed by atoms with Crippen LogP contribution in [0, 0.1) is 5.92 Å². The van der Waals surface area contributed by atoms with Crippen LogP contribution in [0.4, 0.5) is 0 Å². The third-order valence-electron chi connectivity index (χ3n) is 1.46. The van der Waals surface area contributed by atoms with Crippen molar-refractivity contribution in [2.24, 2.45) is 5.92 Å². The molecule has 0 spiro atoms. The van der Waals surface area contributed by atoms with Gasteiger partial charge in [-0.25, -0.2) is 0 Å². The SMILES string of the molecule is COCCOCCC(=O)OCC(C)C. The largest absolute Gasteiger partial charge is 0.465 e. The molecule has 0 amide bonds. The highest BCUT2D eigenvalue weighted by molar-refractivity contribution is 5.69. The number of hydrogen-bond acceptors (Lipinski definition) is 4. The molecule has 4 nitrogen and oxygen atoms in total. The Morgan fingerprint density at radius 3 is 2.50 bits per heavy atom. The zero-order valence-electron chi connectivity index (χ0n) is 9.25. The summed E-state index contributed by atoms with van der Waals surface area (Å²) in [5.74, 6) is 0.185. The van der Waals surface area contributed by atoms with Gasteiger partial charge in [0.2, 0.25) is 0 Å². The minimum Gasteiger partial charge on any atom is -0.465 e. The van der Waals surface area contributed by atoms with Crippen LogP contribution >= 0.6 is 0 Å². The van der Waals surface area contributed by atoms with Gasteiger partial charge in [-0.05, 0) is 5.92 Å². The van der Waals surface area contributed by atoms with E-state index in [1.54, 1.807) is 7.11 Å². The van der Waals surface area contributed by atoms with Crippen molar-refractivity contribution in [3.63, 3.8) is 0 Å². The first kappa shape index (κ1) is 13.4. The number of hydrogen-bond donors (Lipinski definition) is 0. The van der Waals surface area contributed by atoms with E-state index in [9.17, 15) is 4.79 Å². The lowest BCUT2D eigenvalue weighted by Crippen LogP contribution is -2.13. The number of ether oxygens (including phenoxy) is 3. The van der Waals surface area contributed by atoms with Gasteiger partial charge in [0.15, 0.2) is 0 Å². The zero-order valence-corrected chi connectivity index (χ0v) is 9.25. The Balaban J connectivity index is 3.18. The second-order valence-corrected chi connectivity index (χ2v) is 3.43. The van der Waals surface area contributed by atoms with Gasteiger partial charge in [0.05, 0.1) is 32.8 Å². The van der Waals surface area contributed by atoms with Crippen LogP contribution in [0.15, 0.2) is 0 Å². The van der Waals surface area contributed by atoms with Gasteiger partial charge in [-0.1, -0.05) is 13.8 Å². The smallest absolute Gasteiger partial charge is 0.308 e. The summed E-state index contributed by atoms with van der Waals surface area (Å²) in [5, 5.41) is 0. The maximum Gasteiger partial charge on any atom is 0.308 e. The number of methoxy groups -OCH3 is 1. The van der Waals surface area contributed by atoms with E-state index in [2.05, 4.69) is 0 Å². The molecular formula is C10H20O4. The first-order valence-electron chi connectivity index (χ1n) is 4.89. The molecule has 0 unspecified atom stereocenters. The van der Waals surface area contributed by atoms with Gasteiger partial charge < -0.3 is 14.2 Å². The molecule has 0 saturated heterocycles. The molecule has 0 aliphatic heterocycles. The molecule has 0 saturated carbocycles. The number of esters is 1. The predicted octanol–water partition coefficient (Wildman–Crippen LogP) is 1.24. The summed E-state index contributed by atoms with van der Waals surface area (Å²) in [7, 11) is 1.61. The fraction of sp³-hybridized carbons (Fsp3) is 0.900. The highest BCUT2D eigenvalue weighted by Crippen LogP contribution is 1.95. The van der Waals surface area contributed by atoms with Crippen molar-refractivity contribution in [3.05, 3.63) is 0 Å². The van der Waals surface area contributed by atoms with Crippen LogP contribution < -0.4 is 0 Å². The van der Waals surface area contributed by atoms with Crippen LogP contribution in [0.5, 0.6) is 0 Å². The molecule has 0 aromatic heterocycles. The quantitative estimate of drug-likeness (QED) is 0.441. The number of carbonyl (C=O) groups excluding carboxylic acids is 1. The van der Waals surface area contributed by atoms with Crippen molar-refractivity contribution >= 4 is 5.97 Å². The lowest BCUT2D eigenvalue weighted by Gasteiger charge is -2.07. The maximum atomic E-state index is 11.0. The van der Waals surface area contributed by atoms with Crippen molar-refractivity contribution < 1.29 is 19.0 Å². The third kappa shape index (κ3) is 9.48. The Morgan fingerprint density at radius 1 is 1.21 bits per heavy atom. The minimum atomic E-state index is -0.198. The molecule has 0 fully saturated rings. The fourth-order valence-corrected chi connectivity index (χ4v) is 0.732. The molecule has 0 aromatic rings. The fourth-order valence-electron chi connectivity index (χ4n) is 0.732. The molecule has 0 radical (unpaired) electrons. The van der Waals surface area contributed by atoms with E-state index in [-0.39, 0.29) is 5.97 Å². The normalized spacial score (nSPS) is 10.6. The Morgan fingerprint density at radius 2 is 1.93 bits per heavy atom. The zero-order chi connectivity index (χ0) is 10.8. The van der Waals surface area contributed by atoms with Crippen molar-refractivity contribution in [1.82, 2.24) is 0 Å².